The summed E-state index contributed by atoms with van der Waals surface area (Å²) in [6.07, 6.45) is 5.05. The normalized spacial score (nSPS) is 17.3. The number of rotatable bonds is 4. The zero-order valence-corrected chi connectivity index (χ0v) is 15.5. The van der Waals surface area contributed by atoms with Gasteiger partial charge in [0.1, 0.15) is 5.75 Å². The summed E-state index contributed by atoms with van der Waals surface area (Å²) in [5.41, 5.74) is 3.31. The van der Waals surface area contributed by atoms with E-state index >= 15 is 0 Å². The van der Waals surface area contributed by atoms with Gasteiger partial charge in [0, 0.05) is 11.4 Å². The van der Waals surface area contributed by atoms with Gasteiger partial charge in [-0.05, 0) is 55.7 Å². The Bertz CT molecular complexity index is 868. The number of amides is 2. The van der Waals surface area contributed by atoms with Crippen LogP contribution >= 0.6 is 0 Å². The maximum atomic E-state index is 12.6. The van der Waals surface area contributed by atoms with E-state index in [0.29, 0.717) is 11.4 Å². The predicted molar refractivity (Wildman–Crippen MR) is 105 cm³/mol. The van der Waals surface area contributed by atoms with Crippen molar-refractivity contribution in [2.45, 2.75) is 44.4 Å². The van der Waals surface area contributed by atoms with Crippen molar-refractivity contribution in [1.29, 1.82) is 0 Å². The van der Waals surface area contributed by atoms with Crippen LogP contribution in [0.1, 0.15) is 43.2 Å². The second-order valence-electron chi connectivity index (χ2n) is 7.51. The Hall–Kier alpha value is -2.82. The molecule has 5 heteroatoms. The van der Waals surface area contributed by atoms with E-state index in [9.17, 15) is 9.59 Å². The summed E-state index contributed by atoms with van der Waals surface area (Å²) >= 11 is 0. The molecule has 2 aromatic rings. The Kier molecular flexibility index (Phi) is 4.60. The molecule has 1 aliphatic carbocycles. The minimum atomic E-state index is -0.424. The van der Waals surface area contributed by atoms with Crippen molar-refractivity contribution in [2.24, 2.45) is 0 Å². The summed E-state index contributed by atoms with van der Waals surface area (Å²) < 4.78 is 5.54. The second kappa shape index (κ2) is 7.06. The first-order chi connectivity index (χ1) is 13.1. The molecule has 1 fully saturated rings. The van der Waals surface area contributed by atoms with Crippen LogP contribution in [-0.4, -0.2) is 18.4 Å². The van der Waals surface area contributed by atoms with Crippen LogP contribution < -0.4 is 15.4 Å². The first kappa shape index (κ1) is 17.6. The summed E-state index contributed by atoms with van der Waals surface area (Å²) in [5.74, 6) is 0.551. The molecule has 5 nitrogen and oxygen atoms in total. The van der Waals surface area contributed by atoms with Crippen LogP contribution in [-0.2, 0) is 15.0 Å². The van der Waals surface area contributed by atoms with E-state index in [0.717, 1.165) is 42.5 Å². The summed E-state index contributed by atoms with van der Waals surface area (Å²) in [5, 5.41) is 5.90. The third kappa shape index (κ3) is 3.42. The molecule has 2 aliphatic rings. The fraction of sp³-hybridized carbons (Fsp3) is 0.364. The molecule has 4 rings (SSSR count). The monoisotopic (exact) mass is 364 g/mol. The third-order valence-electron chi connectivity index (χ3n) is 5.60. The van der Waals surface area contributed by atoms with Crippen molar-refractivity contribution >= 4 is 23.2 Å². The first-order valence-corrected chi connectivity index (χ1v) is 9.52. The van der Waals surface area contributed by atoms with E-state index in [1.54, 1.807) is 0 Å². The maximum Gasteiger partial charge on any atom is 0.262 e. The topological polar surface area (TPSA) is 67.4 Å². The number of ether oxygens (including phenoxy) is 1. The number of fused-ring (bicyclic) bond motifs is 2. The first-order valence-electron chi connectivity index (χ1n) is 9.52. The van der Waals surface area contributed by atoms with Gasteiger partial charge in [-0.3, -0.25) is 9.59 Å². The molecule has 0 bridgehead atoms. The molecule has 0 saturated heterocycles. The molecule has 2 amide bonds. The molecule has 140 valence electrons. The highest BCUT2D eigenvalue weighted by Crippen LogP contribution is 2.48. The molecular formula is C22H24N2O3. The quantitative estimate of drug-likeness (QED) is 0.856. The number of carbonyl (C=O) groups is 2. The van der Waals surface area contributed by atoms with E-state index < -0.39 is 5.41 Å². The van der Waals surface area contributed by atoms with Gasteiger partial charge in [-0.25, -0.2) is 0 Å². The third-order valence-corrected chi connectivity index (χ3v) is 5.60. The largest absolute Gasteiger partial charge is 0.484 e. The Morgan fingerprint density at radius 2 is 1.85 bits per heavy atom. The summed E-state index contributed by atoms with van der Waals surface area (Å²) in [6.45, 7) is 1.95. The van der Waals surface area contributed by atoms with Crippen molar-refractivity contribution in [3.8, 4) is 5.75 Å². The Morgan fingerprint density at radius 1 is 1.11 bits per heavy atom. The van der Waals surface area contributed by atoms with E-state index in [-0.39, 0.29) is 18.4 Å². The molecule has 1 spiro atoms. The zero-order chi connectivity index (χ0) is 18.9. The van der Waals surface area contributed by atoms with E-state index in [4.69, 9.17) is 4.74 Å². The molecule has 1 heterocycles. The number of anilines is 2. The summed E-state index contributed by atoms with van der Waals surface area (Å²) in [4.78, 5) is 24.9. The highest BCUT2D eigenvalue weighted by molar-refractivity contribution is 6.07. The number of benzene rings is 2. The molecule has 27 heavy (non-hydrogen) atoms. The van der Waals surface area contributed by atoms with Gasteiger partial charge in [0.2, 0.25) is 5.91 Å². The minimum absolute atomic E-state index is 0.0531. The van der Waals surface area contributed by atoms with Gasteiger partial charge in [-0.15, -0.1) is 0 Å². The predicted octanol–water partition coefficient (Wildman–Crippen LogP) is 4.17. The Morgan fingerprint density at radius 3 is 2.59 bits per heavy atom. The fourth-order valence-corrected chi connectivity index (χ4v) is 4.12. The van der Waals surface area contributed by atoms with Crippen LogP contribution in [0.2, 0.25) is 0 Å². The lowest BCUT2D eigenvalue weighted by molar-refractivity contribution is -0.122. The van der Waals surface area contributed by atoms with Gasteiger partial charge in [0.15, 0.2) is 6.61 Å². The van der Waals surface area contributed by atoms with Gasteiger partial charge in [-0.2, -0.15) is 0 Å². The minimum Gasteiger partial charge on any atom is -0.484 e. The van der Waals surface area contributed by atoms with Crippen molar-refractivity contribution in [3.63, 3.8) is 0 Å². The van der Waals surface area contributed by atoms with Crippen molar-refractivity contribution < 1.29 is 14.3 Å². The zero-order valence-electron chi connectivity index (χ0n) is 15.5. The summed E-state index contributed by atoms with van der Waals surface area (Å²) in [7, 11) is 0. The highest BCUT2D eigenvalue weighted by Gasteiger charge is 2.47. The van der Waals surface area contributed by atoms with Crippen molar-refractivity contribution in [2.75, 3.05) is 17.2 Å². The average Bonchev–Trinajstić information content (AvgIpc) is 2.93. The van der Waals surface area contributed by atoms with Crippen molar-refractivity contribution in [3.05, 3.63) is 53.6 Å². The molecular weight excluding hydrogens is 340 g/mol. The van der Waals surface area contributed by atoms with Gasteiger partial charge in [0.25, 0.3) is 5.91 Å². The van der Waals surface area contributed by atoms with Crippen LogP contribution in [0.4, 0.5) is 11.4 Å². The van der Waals surface area contributed by atoms with E-state index in [1.807, 2.05) is 49.4 Å². The molecule has 0 atom stereocenters. The molecule has 2 N–H and O–H groups in total. The Balaban J connectivity index is 1.45. The number of nitrogens with one attached hydrogen (secondary N) is 2. The smallest absolute Gasteiger partial charge is 0.262 e. The number of hydrogen-bond donors (Lipinski definition) is 2. The SMILES string of the molecule is Cc1ccc(OCC(=O)Nc2ccc3c(c2)C2(CCCCC2)C(=O)N3)cc1. The van der Waals surface area contributed by atoms with Crippen LogP contribution in [0.15, 0.2) is 42.5 Å². The number of hydrogen-bond acceptors (Lipinski definition) is 3. The fourth-order valence-electron chi connectivity index (χ4n) is 4.12. The number of aryl methyl sites for hydroxylation is 1. The molecule has 1 aliphatic heterocycles. The van der Waals surface area contributed by atoms with Crippen molar-refractivity contribution in [1.82, 2.24) is 0 Å². The maximum absolute atomic E-state index is 12.6. The van der Waals surface area contributed by atoms with E-state index in [2.05, 4.69) is 10.6 Å². The molecule has 0 aromatic heterocycles. The molecule has 0 radical (unpaired) electrons. The average molecular weight is 364 g/mol. The van der Waals surface area contributed by atoms with Gasteiger partial charge in [0.05, 0.1) is 5.41 Å². The standard InChI is InChI=1S/C22H24N2O3/c1-15-5-8-17(9-6-15)27-14-20(25)23-16-7-10-19-18(13-16)22(21(26)24-19)11-3-2-4-12-22/h5-10,13H,2-4,11-12,14H2,1H3,(H,23,25)(H,24,26). The van der Waals surface area contributed by atoms with Crippen LogP contribution in [0.25, 0.3) is 0 Å². The van der Waals surface area contributed by atoms with Gasteiger partial charge >= 0.3 is 0 Å². The van der Waals surface area contributed by atoms with Crippen LogP contribution in [0.3, 0.4) is 0 Å². The lowest BCUT2D eigenvalue weighted by Gasteiger charge is -2.31. The molecule has 1 saturated carbocycles. The lowest BCUT2D eigenvalue weighted by atomic mass is 9.70. The highest BCUT2D eigenvalue weighted by atomic mass is 16.5. The van der Waals surface area contributed by atoms with Crippen LogP contribution in [0.5, 0.6) is 5.75 Å². The Labute approximate surface area is 159 Å². The lowest BCUT2D eigenvalue weighted by Crippen LogP contribution is -2.36. The van der Waals surface area contributed by atoms with Gasteiger partial charge in [-0.1, -0.05) is 37.0 Å². The molecule has 2 aromatic carbocycles. The number of carbonyl (C=O) groups excluding carboxylic acids is 2. The second-order valence-corrected chi connectivity index (χ2v) is 7.51. The van der Waals surface area contributed by atoms with Gasteiger partial charge < -0.3 is 15.4 Å². The van der Waals surface area contributed by atoms with Crippen LogP contribution in [0, 0.1) is 6.92 Å². The summed E-state index contributed by atoms with van der Waals surface area (Å²) in [6, 6.07) is 13.2. The van der Waals surface area contributed by atoms with E-state index in [1.165, 1.54) is 6.42 Å². The molecule has 0 unspecified atom stereocenters.